The van der Waals surface area contributed by atoms with Crippen LogP contribution in [0.3, 0.4) is 0 Å². The Morgan fingerprint density at radius 3 is 2.89 bits per heavy atom. The van der Waals surface area contributed by atoms with Crippen molar-refractivity contribution in [2.45, 2.75) is 19.8 Å². The van der Waals surface area contributed by atoms with Crippen LogP contribution in [0.1, 0.15) is 18.9 Å². The van der Waals surface area contributed by atoms with E-state index in [4.69, 9.17) is 20.3 Å². The molecular weight excluding hydrogens is 234 g/mol. The number of aryl methyl sites for hydroxylation is 1. The van der Waals surface area contributed by atoms with E-state index in [0.29, 0.717) is 30.9 Å². The summed E-state index contributed by atoms with van der Waals surface area (Å²) in [7, 11) is 0. The molecule has 0 bridgehead atoms. The SMILES string of the molecule is CCOC(=O)COc1ccc(N)c(CCCO)c1. The second-order valence-electron chi connectivity index (χ2n) is 3.78. The van der Waals surface area contributed by atoms with Gasteiger partial charge in [-0.25, -0.2) is 4.79 Å². The Hall–Kier alpha value is -1.75. The van der Waals surface area contributed by atoms with E-state index in [-0.39, 0.29) is 13.2 Å². The highest BCUT2D eigenvalue weighted by Crippen LogP contribution is 2.21. The number of aliphatic hydroxyl groups excluding tert-OH is 1. The summed E-state index contributed by atoms with van der Waals surface area (Å²) in [5.74, 6) is 0.177. The van der Waals surface area contributed by atoms with Gasteiger partial charge in [-0.1, -0.05) is 0 Å². The third-order valence-electron chi connectivity index (χ3n) is 2.38. The first kappa shape index (κ1) is 14.3. The smallest absolute Gasteiger partial charge is 0.344 e. The molecule has 0 unspecified atom stereocenters. The van der Waals surface area contributed by atoms with Crippen molar-refractivity contribution in [1.82, 2.24) is 0 Å². The van der Waals surface area contributed by atoms with Crippen LogP contribution in [0.2, 0.25) is 0 Å². The number of nitrogens with two attached hydrogens (primary N) is 1. The van der Waals surface area contributed by atoms with Crippen LogP contribution >= 0.6 is 0 Å². The minimum Gasteiger partial charge on any atom is -0.482 e. The molecular formula is C13H19NO4. The van der Waals surface area contributed by atoms with Crippen LogP contribution in [0.15, 0.2) is 18.2 Å². The number of hydrogen-bond donors (Lipinski definition) is 2. The van der Waals surface area contributed by atoms with Crippen LogP contribution in [-0.2, 0) is 16.0 Å². The first-order valence-electron chi connectivity index (χ1n) is 5.95. The molecule has 100 valence electrons. The van der Waals surface area contributed by atoms with Crippen molar-refractivity contribution in [3.05, 3.63) is 23.8 Å². The molecule has 3 N–H and O–H groups in total. The first-order valence-corrected chi connectivity index (χ1v) is 5.95. The zero-order valence-corrected chi connectivity index (χ0v) is 10.5. The Morgan fingerprint density at radius 1 is 1.44 bits per heavy atom. The van der Waals surface area contributed by atoms with Gasteiger partial charge in [0.25, 0.3) is 0 Å². The fourth-order valence-corrected chi connectivity index (χ4v) is 1.50. The summed E-state index contributed by atoms with van der Waals surface area (Å²) in [6, 6.07) is 5.22. The second kappa shape index (κ2) is 7.55. The average Bonchev–Trinajstić information content (AvgIpc) is 2.36. The zero-order valence-electron chi connectivity index (χ0n) is 10.5. The molecule has 0 atom stereocenters. The molecule has 18 heavy (non-hydrogen) atoms. The molecule has 0 aromatic heterocycles. The molecule has 0 radical (unpaired) electrons. The van der Waals surface area contributed by atoms with Gasteiger partial charge in [0.2, 0.25) is 0 Å². The summed E-state index contributed by atoms with van der Waals surface area (Å²) in [5, 5.41) is 8.79. The number of carbonyl (C=O) groups is 1. The van der Waals surface area contributed by atoms with Gasteiger partial charge in [0.15, 0.2) is 6.61 Å². The standard InChI is InChI=1S/C13H19NO4/c1-2-17-13(16)9-18-11-5-6-12(14)10(8-11)4-3-7-15/h5-6,8,15H,2-4,7,9,14H2,1H3. The van der Waals surface area contributed by atoms with Gasteiger partial charge in [0.05, 0.1) is 6.61 Å². The Labute approximate surface area is 107 Å². The number of carbonyl (C=O) groups excluding carboxylic acids is 1. The second-order valence-corrected chi connectivity index (χ2v) is 3.78. The van der Waals surface area contributed by atoms with Gasteiger partial charge in [-0.15, -0.1) is 0 Å². The molecule has 1 rings (SSSR count). The monoisotopic (exact) mass is 253 g/mol. The van der Waals surface area contributed by atoms with Crippen LogP contribution < -0.4 is 10.5 Å². The average molecular weight is 253 g/mol. The minimum atomic E-state index is -0.397. The summed E-state index contributed by atoms with van der Waals surface area (Å²) in [6.45, 7) is 2.09. The molecule has 5 nitrogen and oxygen atoms in total. The van der Waals surface area contributed by atoms with Crippen LogP contribution in [0.5, 0.6) is 5.75 Å². The number of ether oxygens (including phenoxy) is 2. The van der Waals surface area contributed by atoms with Crippen LogP contribution in [0, 0.1) is 0 Å². The van der Waals surface area contributed by atoms with Crippen LogP contribution in [0.25, 0.3) is 0 Å². The maximum Gasteiger partial charge on any atom is 0.344 e. The molecule has 0 spiro atoms. The molecule has 0 fully saturated rings. The predicted molar refractivity (Wildman–Crippen MR) is 68.4 cm³/mol. The first-order chi connectivity index (χ1) is 8.67. The summed E-state index contributed by atoms with van der Waals surface area (Å²) in [4.78, 5) is 11.1. The topological polar surface area (TPSA) is 81.8 Å². The van der Waals surface area contributed by atoms with Gasteiger partial charge in [0, 0.05) is 12.3 Å². The maximum atomic E-state index is 11.1. The van der Waals surface area contributed by atoms with Gasteiger partial charge in [-0.3, -0.25) is 0 Å². The van der Waals surface area contributed by atoms with E-state index in [1.54, 1.807) is 25.1 Å². The Kier molecular flexibility index (Phi) is 6.00. The van der Waals surface area contributed by atoms with Crippen molar-refractivity contribution < 1.29 is 19.4 Å². The number of aliphatic hydroxyl groups is 1. The lowest BCUT2D eigenvalue weighted by atomic mass is 10.1. The van der Waals surface area contributed by atoms with E-state index in [1.165, 1.54) is 0 Å². The lowest BCUT2D eigenvalue weighted by Gasteiger charge is -2.09. The fraction of sp³-hybridized carbons (Fsp3) is 0.462. The van der Waals surface area contributed by atoms with Crippen molar-refractivity contribution in [2.24, 2.45) is 0 Å². The van der Waals surface area contributed by atoms with Crippen LogP contribution in [-0.4, -0.2) is 30.9 Å². The van der Waals surface area contributed by atoms with Gasteiger partial charge in [-0.2, -0.15) is 0 Å². The number of rotatable bonds is 7. The van der Waals surface area contributed by atoms with Gasteiger partial charge >= 0.3 is 5.97 Å². The predicted octanol–water partition coefficient (Wildman–Crippen LogP) is 1.14. The maximum absolute atomic E-state index is 11.1. The Morgan fingerprint density at radius 2 is 2.22 bits per heavy atom. The van der Waals surface area contributed by atoms with Gasteiger partial charge < -0.3 is 20.3 Å². The highest BCUT2D eigenvalue weighted by Gasteiger charge is 2.05. The van der Waals surface area contributed by atoms with Crippen molar-refractivity contribution in [3.63, 3.8) is 0 Å². The summed E-state index contributed by atoms with van der Waals surface area (Å²) < 4.78 is 10.1. The highest BCUT2D eigenvalue weighted by atomic mass is 16.6. The van der Waals surface area contributed by atoms with E-state index in [9.17, 15) is 4.79 Å². The third kappa shape index (κ3) is 4.63. The molecule has 0 aliphatic rings. The fourth-order valence-electron chi connectivity index (χ4n) is 1.50. The molecule has 0 amide bonds. The van der Waals surface area contributed by atoms with Crippen molar-refractivity contribution in [2.75, 3.05) is 25.6 Å². The largest absolute Gasteiger partial charge is 0.482 e. The van der Waals surface area contributed by atoms with Crippen LogP contribution in [0.4, 0.5) is 5.69 Å². The van der Waals surface area contributed by atoms with E-state index in [1.807, 2.05) is 0 Å². The Bertz CT molecular complexity index is 393. The molecule has 0 heterocycles. The Balaban J connectivity index is 2.58. The summed E-state index contributed by atoms with van der Waals surface area (Å²) in [5.41, 5.74) is 7.37. The molecule has 1 aromatic rings. The lowest BCUT2D eigenvalue weighted by Crippen LogP contribution is -2.14. The third-order valence-corrected chi connectivity index (χ3v) is 2.38. The number of anilines is 1. The number of hydrogen-bond acceptors (Lipinski definition) is 5. The molecule has 0 saturated heterocycles. The summed E-state index contributed by atoms with van der Waals surface area (Å²) in [6.07, 6.45) is 1.32. The number of esters is 1. The quantitative estimate of drug-likeness (QED) is 0.562. The molecule has 0 saturated carbocycles. The normalized spacial score (nSPS) is 10.1. The number of nitrogen functional groups attached to an aromatic ring is 1. The van der Waals surface area contributed by atoms with Crippen molar-refractivity contribution in [1.29, 1.82) is 0 Å². The molecule has 5 heteroatoms. The van der Waals surface area contributed by atoms with Gasteiger partial charge in [0.1, 0.15) is 5.75 Å². The van der Waals surface area contributed by atoms with Crippen molar-refractivity contribution in [3.8, 4) is 5.75 Å². The lowest BCUT2D eigenvalue weighted by molar-refractivity contribution is -0.145. The van der Waals surface area contributed by atoms with E-state index in [0.717, 1.165) is 5.56 Å². The number of benzene rings is 1. The van der Waals surface area contributed by atoms with E-state index >= 15 is 0 Å². The van der Waals surface area contributed by atoms with E-state index in [2.05, 4.69) is 0 Å². The minimum absolute atomic E-state index is 0.114. The molecule has 1 aromatic carbocycles. The molecule has 0 aliphatic heterocycles. The van der Waals surface area contributed by atoms with Crippen molar-refractivity contribution >= 4 is 11.7 Å². The van der Waals surface area contributed by atoms with E-state index < -0.39 is 5.97 Å². The van der Waals surface area contributed by atoms with Gasteiger partial charge in [-0.05, 0) is 43.5 Å². The molecule has 0 aliphatic carbocycles. The highest BCUT2D eigenvalue weighted by molar-refractivity contribution is 5.71. The summed E-state index contributed by atoms with van der Waals surface area (Å²) >= 11 is 0. The zero-order chi connectivity index (χ0) is 13.4.